The van der Waals surface area contributed by atoms with Crippen LogP contribution in [-0.4, -0.2) is 50.7 Å². The van der Waals surface area contributed by atoms with Crippen molar-refractivity contribution in [2.45, 2.75) is 23.8 Å². The number of benzene rings is 1. The van der Waals surface area contributed by atoms with Crippen molar-refractivity contribution in [3.8, 4) is 0 Å². The second-order valence-electron chi connectivity index (χ2n) is 5.33. The Morgan fingerprint density at radius 2 is 1.83 bits per heavy atom. The highest BCUT2D eigenvalue weighted by molar-refractivity contribution is 7.89. The third-order valence-corrected chi connectivity index (χ3v) is 5.09. The molecule has 0 radical (unpaired) electrons. The molecule has 23 heavy (non-hydrogen) atoms. The van der Waals surface area contributed by atoms with Crippen molar-refractivity contribution in [1.29, 1.82) is 0 Å². The molecule has 0 atom stereocenters. The third-order valence-electron chi connectivity index (χ3n) is 3.28. The number of likely N-dealkylation sites (N-methyl/N-ethyl adjacent to an activating group) is 1. The molecule has 2 rings (SSSR count). The standard InChI is InChI=1S/C14H18FN3O4S/c1-18(23(21,22)12-6-2-10(15)3-7-12)9-14(20)16-8-13(19)17-11-4-5-11/h2-3,6-7,11H,4-5,8-9H2,1H3,(H,16,20)(H,17,19). The maximum atomic E-state index is 12.8. The van der Waals surface area contributed by atoms with E-state index in [1.807, 2.05) is 0 Å². The summed E-state index contributed by atoms with van der Waals surface area (Å²) in [6.45, 7) is -0.629. The third kappa shape index (κ3) is 5.00. The lowest BCUT2D eigenvalue weighted by Crippen LogP contribution is -2.43. The molecular formula is C14H18FN3O4S. The minimum Gasteiger partial charge on any atom is -0.352 e. The van der Waals surface area contributed by atoms with Gasteiger partial charge in [0.1, 0.15) is 5.82 Å². The first-order valence-corrected chi connectivity index (χ1v) is 8.51. The minimum atomic E-state index is -3.89. The Labute approximate surface area is 133 Å². The Morgan fingerprint density at radius 1 is 1.22 bits per heavy atom. The number of carbonyl (C=O) groups is 2. The zero-order chi connectivity index (χ0) is 17.0. The molecule has 0 unspecified atom stereocenters. The van der Waals surface area contributed by atoms with E-state index in [0.29, 0.717) is 0 Å². The predicted molar refractivity (Wildman–Crippen MR) is 80.4 cm³/mol. The smallest absolute Gasteiger partial charge is 0.243 e. The average Bonchev–Trinajstić information content (AvgIpc) is 3.29. The van der Waals surface area contributed by atoms with Crippen molar-refractivity contribution in [3.63, 3.8) is 0 Å². The lowest BCUT2D eigenvalue weighted by Gasteiger charge is -2.16. The Bertz CT molecular complexity index is 686. The van der Waals surface area contributed by atoms with E-state index < -0.39 is 28.3 Å². The largest absolute Gasteiger partial charge is 0.352 e. The van der Waals surface area contributed by atoms with E-state index in [-0.39, 0.29) is 23.4 Å². The zero-order valence-electron chi connectivity index (χ0n) is 12.6. The minimum absolute atomic E-state index is 0.110. The van der Waals surface area contributed by atoms with Gasteiger partial charge in [0.15, 0.2) is 0 Å². The van der Waals surface area contributed by atoms with Crippen molar-refractivity contribution in [3.05, 3.63) is 30.1 Å². The van der Waals surface area contributed by atoms with Crippen LogP contribution in [0.4, 0.5) is 4.39 Å². The number of nitrogens with one attached hydrogen (secondary N) is 2. The van der Waals surface area contributed by atoms with Crippen LogP contribution in [0, 0.1) is 5.82 Å². The van der Waals surface area contributed by atoms with Crippen molar-refractivity contribution in [2.24, 2.45) is 0 Å². The monoisotopic (exact) mass is 343 g/mol. The number of hydrogen-bond acceptors (Lipinski definition) is 4. The molecule has 0 aliphatic heterocycles. The van der Waals surface area contributed by atoms with Crippen LogP contribution in [0.15, 0.2) is 29.2 Å². The van der Waals surface area contributed by atoms with Crippen LogP contribution in [0.3, 0.4) is 0 Å². The first kappa shape index (κ1) is 17.4. The average molecular weight is 343 g/mol. The SMILES string of the molecule is CN(CC(=O)NCC(=O)NC1CC1)S(=O)(=O)c1ccc(F)cc1. The Kier molecular flexibility index (Phi) is 5.32. The van der Waals surface area contributed by atoms with Crippen LogP contribution in [0.25, 0.3) is 0 Å². The first-order valence-electron chi connectivity index (χ1n) is 7.07. The van der Waals surface area contributed by atoms with Gasteiger partial charge in [-0.05, 0) is 37.1 Å². The van der Waals surface area contributed by atoms with E-state index in [1.165, 1.54) is 7.05 Å². The predicted octanol–water partition coefficient (Wildman–Crippen LogP) is -0.159. The number of rotatable bonds is 7. The summed E-state index contributed by atoms with van der Waals surface area (Å²) in [7, 11) is -2.65. The zero-order valence-corrected chi connectivity index (χ0v) is 13.4. The molecule has 0 bridgehead atoms. The fraction of sp³-hybridized carbons (Fsp3) is 0.429. The summed E-state index contributed by atoms with van der Waals surface area (Å²) >= 11 is 0. The lowest BCUT2D eigenvalue weighted by molar-refractivity contribution is -0.126. The maximum absolute atomic E-state index is 12.8. The number of carbonyl (C=O) groups excluding carboxylic acids is 2. The van der Waals surface area contributed by atoms with Gasteiger partial charge in [0.05, 0.1) is 18.0 Å². The number of halogens is 1. The van der Waals surface area contributed by atoms with E-state index in [0.717, 1.165) is 41.4 Å². The van der Waals surface area contributed by atoms with E-state index in [4.69, 9.17) is 0 Å². The van der Waals surface area contributed by atoms with Crippen molar-refractivity contribution in [1.82, 2.24) is 14.9 Å². The van der Waals surface area contributed by atoms with E-state index in [1.54, 1.807) is 0 Å². The Morgan fingerprint density at radius 3 is 2.39 bits per heavy atom. The summed E-state index contributed by atoms with van der Waals surface area (Å²) in [5.74, 6) is -1.44. The second kappa shape index (κ2) is 7.05. The van der Waals surface area contributed by atoms with Gasteiger partial charge in [0, 0.05) is 13.1 Å². The van der Waals surface area contributed by atoms with E-state index in [2.05, 4.69) is 10.6 Å². The number of sulfonamides is 1. The molecule has 7 nitrogen and oxygen atoms in total. The molecule has 1 aromatic carbocycles. The van der Waals surface area contributed by atoms with Gasteiger partial charge in [-0.2, -0.15) is 4.31 Å². The summed E-state index contributed by atoms with van der Waals surface area (Å²) in [4.78, 5) is 23.1. The summed E-state index contributed by atoms with van der Waals surface area (Å²) in [5.41, 5.74) is 0. The molecule has 9 heteroatoms. The van der Waals surface area contributed by atoms with Crippen LogP contribution in [-0.2, 0) is 19.6 Å². The second-order valence-corrected chi connectivity index (χ2v) is 7.38. The van der Waals surface area contributed by atoms with Gasteiger partial charge in [-0.25, -0.2) is 12.8 Å². The van der Waals surface area contributed by atoms with E-state index >= 15 is 0 Å². The molecule has 126 valence electrons. The summed E-state index contributed by atoms with van der Waals surface area (Å²) in [5, 5.41) is 5.06. The molecule has 0 saturated heterocycles. The summed E-state index contributed by atoms with van der Waals surface area (Å²) < 4.78 is 38.1. The van der Waals surface area contributed by atoms with Gasteiger partial charge >= 0.3 is 0 Å². The molecule has 1 saturated carbocycles. The highest BCUT2D eigenvalue weighted by Crippen LogP contribution is 2.18. The van der Waals surface area contributed by atoms with Crippen LogP contribution < -0.4 is 10.6 Å². The maximum Gasteiger partial charge on any atom is 0.243 e. The molecule has 1 aliphatic rings. The van der Waals surface area contributed by atoms with Gasteiger partial charge < -0.3 is 10.6 Å². The van der Waals surface area contributed by atoms with Crippen LogP contribution in [0.1, 0.15) is 12.8 Å². The van der Waals surface area contributed by atoms with Gasteiger partial charge in [0.2, 0.25) is 21.8 Å². The number of nitrogens with zero attached hydrogens (tertiary/aromatic N) is 1. The highest BCUT2D eigenvalue weighted by Gasteiger charge is 2.25. The van der Waals surface area contributed by atoms with E-state index in [9.17, 15) is 22.4 Å². The molecule has 0 spiro atoms. The molecule has 0 heterocycles. The molecule has 0 aromatic heterocycles. The van der Waals surface area contributed by atoms with Crippen LogP contribution in [0.5, 0.6) is 0 Å². The molecule has 2 N–H and O–H groups in total. The Hall–Kier alpha value is -2.00. The van der Waals surface area contributed by atoms with Crippen molar-refractivity contribution >= 4 is 21.8 Å². The number of amides is 2. The molecule has 2 amide bonds. The molecular weight excluding hydrogens is 325 g/mol. The lowest BCUT2D eigenvalue weighted by atomic mass is 10.4. The molecule has 1 aliphatic carbocycles. The number of hydrogen-bond donors (Lipinski definition) is 2. The summed E-state index contributed by atoms with van der Waals surface area (Å²) in [6.07, 6.45) is 1.89. The van der Waals surface area contributed by atoms with Crippen molar-refractivity contribution in [2.75, 3.05) is 20.1 Å². The molecule has 1 aromatic rings. The normalized spacial score (nSPS) is 14.6. The quantitative estimate of drug-likeness (QED) is 0.719. The summed E-state index contributed by atoms with van der Waals surface area (Å²) in [6, 6.07) is 4.51. The van der Waals surface area contributed by atoms with Gasteiger partial charge in [-0.15, -0.1) is 0 Å². The van der Waals surface area contributed by atoms with Crippen LogP contribution >= 0.6 is 0 Å². The van der Waals surface area contributed by atoms with Crippen molar-refractivity contribution < 1.29 is 22.4 Å². The fourth-order valence-electron chi connectivity index (χ4n) is 1.81. The van der Waals surface area contributed by atoms with Crippen LogP contribution in [0.2, 0.25) is 0 Å². The van der Waals surface area contributed by atoms with Gasteiger partial charge in [-0.3, -0.25) is 9.59 Å². The fourth-order valence-corrected chi connectivity index (χ4v) is 2.94. The molecule has 1 fully saturated rings. The van der Waals surface area contributed by atoms with Gasteiger partial charge in [-0.1, -0.05) is 0 Å². The highest BCUT2D eigenvalue weighted by atomic mass is 32.2. The topological polar surface area (TPSA) is 95.6 Å². The Balaban J connectivity index is 1.86. The first-order chi connectivity index (χ1) is 10.8. The van der Waals surface area contributed by atoms with Gasteiger partial charge in [0.25, 0.3) is 0 Å².